The predicted molar refractivity (Wildman–Crippen MR) is 147 cm³/mol. The van der Waals surface area contributed by atoms with Gasteiger partial charge in [0, 0.05) is 50.9 Å². The van der Waals surface area contributed by atoms with Crippen LogP contribution in [0.5, 0.6) is 23.0 Å². The van der Waals surface area contributed by atoms with Gasteiger partial charge in [0.1, 0.15) is 5.75 Å². The first-order valence-electron chi connectivity index (χ1n) is 12.9. The van der Waals surface area contributed by atoms with E-state index in [1.54, 1.807) is 40.6 Å². The lowest BCUT2D eigenvalue weighted by Crippen LogP contribution is -2.53. The third kappa shape index (κ3) is 7.26. The Labute approximate surface area is 233 Å². The number of carboxylic acid groups (broad SMARTS) is 2. The molecular weight excluding hydrogens is 522 g/mol. The average Bonchev–Trinajstić information content (AvgIpc) is 3.00. The number of nitrogens with zero attached hydrogens (tertiary/aromatic N) is 3. The van der Waals surface area contributed by atoms with Crippen molar-refractivity contribution in [2.24, 2.45) is 0 Å². The number of piperidine rings is 1. The highest BCUT2D eigenvalue weighted by atomic mass is 16.5. The molecule has 0 atom stereocenters. The number of carboxylic acids is 2. The third-order valence-corrected chi connectivity index (χ3v) is 7.10. The highest BCUT2D eigenvalue weighted by Gasteiger charge is 2.30. The number of hydrogen-bond donors (Lipinski definition) is 2. The van der Waals surface area contributed by atoms with Crippen molar-refractivity contribution >= 4 is 23.5 Å². The Balaban J connectivity index is 0.000000663. The summed E-state index contributed by atoms with van der Waals surface area (Å²) >= 11 is 0. The van der Waals surface area contributed by atoms with Crippen LogP contribution in [0.1, 0.15) is 23.2 Å². The van der Waals surface area contributed by atoms with Gasteiger partial charge in [-0.15, -0.1) is 0 Å². The highest BCUT2D eigenvalue weighted by molar-refractivity contribution is 6.27. The predicted octanol–water partition coefficient (Wildman–Crippen LogP) is 2.30. The molecule has 0 bridgehead atoms. The van der Waals surface area contributed by atoms with Gasteiger partial charge in [-0.1, -0.05) is 12.1 Å². The first-order chi connectivity index (χ1) is 19.2. The van der Waals surface area contributed by atoms with Crippen LogP contribution in [0.15, 0.2) is 36.4 Å². The second-order valence-electron chi connectivity index (χ2n) is 9.24. The number of carbonyl (C=O) groups excluding carboxylic acids is 1. The molecule has 2 fully saturated rings. The van der Waals surface area contributed by atoms with E-state index in [0.717, 1.165) is 63.5 Å². The Morgan fingerprint density at radius 3 is 1.73 bits per heavy atom. The molecular formula is C28H37N3O9. The van der Waals surface area contributed by atoms with E-state index in [0.29, 0.717) is 28.9 Å². The maximum absolute atomic E-state index is 13.2. The Bertz CT molecular complexity index is 1140. The highest BCUT2D eigenvalue weighted by Crippen LogP contribution is 2.38. The summed E-state index contributed by atoms with van der Waals surface area (Å²) in [5.74, 6) is -1.24. The number of amides is 1. The number of ether oxygens (including phenoxy) is 4. The second kappa shape index (κ2) is 14.3. The summed E-state index contributed by atoms with van der Waals surface area (Å²) in [5, 5.41) is 14.8. The third-order valence-electron chi connectivity index (χ3n) is 7.10. The van der Waals surface area contributed by atoms with Gasteiger partial charge in [0.15, 0.2) is 11.5 Å². The van der Waals surface area contributed by atoms with Crippen molar-refractivity contribution in [3.05, 3.63) is 42.0 Å². The summed E-state index contributed by atoms with van der Waals surface area (Å²) in [6, 6.07) is 12.2. The lowest BCUT2D eigenvalue weighted by Gasteiger charge is -2.43. The molecule has 218 valence electrons. The van der Waals surface area contributed by atoms with E-state index >= 15 is 0 Å². The average molecular weight is 560 g/mol. The Morgan fingerprint density at radius 2 is 1.25 bits per heavy atom. The van der Waals surface area contributed by atoms with Crippen molar-refractivity contribution < 1.29 is 43.5 Å². The zero-order valence-electron chi connectivity index (χ0n) is 23.3. The number of aliphatic carboxylic acids is 2. The van der Waals surface area contributed by atoms with Gasteiger partial charge in [0.25, 0.3) is 5.91 Å². The zero-order valence-corrected chi connectivity index (χ0v) is 23.3. The van der Waals surface area contributed by atoms with Crippen molar-refractivity contribution in [3.8, 4) is 23.0 Å². The molecule has 2 heterocycles. The van der Waals surface area contributed by atoms with Gasteiger partial charge in [0.2, 0.25) is 5.75 Å². The van der Waals surface area contributed by atoms with E-state index in [1.807, 2.05) is 17.0 Å². The quantitative estimate of drug-likeness (QED) is 0.483. The monoisotopic (exact) mass is 559 g/mol. The maximum Gasteiger partial charge on any atom is 0.414 e. The summed E-state index contributed by atoms with van der Waals surface area (Å²) in [6.07, 6.45) is 1.95. The summed E-state index contributed by atoms with van der Waals surface area (Å²) in [4.78, 5) is 38.3. The summed E-state index contributed by atoms with van der Waals surface area (Å²) in [5.41, 5.74) is 1.72. The minimum Gasteiger partial charge on any atom is -0.495 e. The first-order valence-corrected chi connectivity index (χ1v) is 12.9. The van der Waals surface area contributed by atoms with Crippen molar-refractivity contribution in [2.45, 2.75) is 18.9 Å². The molecule has 2 N–H and O–H groups in total. The molecule has 1 amide bonds. The first kappa shape index (κ1) is 30.4. The van der Waals surface area contributed by atoms with Gasteiger partial charge in [-0.2, -0.15) is 0 Å². The van der Waals surface area contributed by atoms with Crippen LogP contribution < -0.4 is 23.8 Å². The van der Waals surface area contributed by atoms with E-state index in [9.17, 15) is 4.79 Å². The van der Waals surface area contributed by atoms with Crippen LogP contribution in [0.4, 0.5) is 5.69 Å². The van der Waals surface area contributed by atoms with Crippen LogP contribution in [-0.4, -0.2) is 112 Å². The summed E-state index contributed by atoms with van der Waals surface area (Å²) < 4.78 is 21.7. The molecule has 0 aliphatic carbocycles. The van der Waals surface area contributed by atoms with Crippen LogP contribution in [-0.2, 0) is 9.59 Å². The standard InChI is InChI=1S/C26H35N3O5.C2H2O4/c1-31-22-8-6-5-7-21(22)28-15-13-27(14-16-28)20-9-11-29(12-10-20)26(30)19-17-23(32-2)25(34-4)24(18-19)33-3;3-1(4)2(5)6/h5-8,17-18,20H,9-16H2,1-4H3;(H,3,4)(H,5,6). The summed E-state index contributed by atoms with van der Waals surface area (Å²) in [7, 11) is 6.40. The fraction of sp³-hybridized carbons (Fsp3) is 0.464. The number of rotatable bonds is 7. The molecule has 4 rings (SSSR count). The van der Waals surface area contributed by atoms with Crippen LogP contribution >= 0.6 is 0 Å². The SMILES string of the molecule is COc1ccccc1N1CCN(C2CCN(C(=O)c3cc(OC)c(OC)c(OC)c3)CC2)CC1.O=C(O)C(=O)O. The van der Waals surface area contributed by atoms with E-state index in [-0.39, 0.29) is 5.91 Å². The number of piperazine rings is 1. The lowest BCUT2D eigenvalue weighted by molar-refractivity contribution is -0.159. The largest absolute Gasteiger partial charge is 0.495 e. The number of methoxy groups -OCH3 is 4. The minimum absolute atomic E-state index is 0.00121. The maximum atomic E-state index is 13.2. The number of likely N-dealkylation sites (tertiary alicyclic amines) is 1. The van der Waals surface area contributed by atoms with Gasteiger partial charge in [-0.25, -0.2) is 9.59 Å². The van der Waals surface area contributed by atoms with Gasteiger partial charge in [-0.05, 0) is 37.1 Å². The molecule has 2 saturated heterocycles. The smallest absolute Gasteiger partial charge is 0.414 e. The molecule has 12 heteroatoms. The summed E-state index contributed by atoms with van der Waals surface area (Å²) in [6.45, 7) is 5.47. The molecule has 0 radical (unpaired) electrons. The van der Waals surface area contributed by atoms with Crippen molar-refractivity contribution in [1.29, 1.82) is 0 Å². The van der Waals surface area contributed by atoms with Crippen LogP contribution in [0.25, 0.3) is 0 Å². The van der Waals surface area contributed by atoms with Crippen LogP contribution in [0.2, 0.25) is 0 Å². The molecule has 0 unspecified atom stereocenters. The van der Waals surface area contributed by atoms with E-state index in [4.69, 9.17) is 38.7 Å². The number of anilines is 1. The molecule has 40 heavy (non-hydrogen) atoms. The Morgan fingerprint density at radius 1 is 0.725 bits per heavy atom. The van der Waals surface area contributed by atoms with Crippen LogP contribution in [0.3, 0.4) is 0 Å². The number of para-hydroxylation sites is 2. The molecule has 0 saturated carbocycles. The molecule has 2 aromatic rings. The topological polar surface area (TPSA) is 138 Å². The number of carbonyl (C=O) groups is 3. The van der Waals surface area contributed by atoms with Gasteiger partial charge in [0.05, 0.1) is 34.1 Å². The Hall–Kier alpha value is -4.19. The van der Waals surface area contributed by atoms with Gasteiger partial charge < -0.3 is 39.0 Å². The van der Waals surface area contributed by atoms with Gasteiger partial charge in [-0.3, -0.25) is 9.69 Å². The van der Waals surface area contributed by atoms with Crippen molar-refractivity contribution in [1.82, 2.24) is 9.80 Å². The van der Waals surface area contributed by atoms with E-state index in [2.05, 4.69) is 21.9 Å². The molecule has 0 spiro atoms. The molecule has 2 aliphatic heterocycles. The Kier molecular flexibility index (Phi) is 10.8. The molecule has 0 aromatic heterocycles. The van der Waals surface area contributed by atoms with Gasteiger partial charge >= 0.3 is 11.9 Å². The minimum atomic E-state index is -1.82. The van der Waals surface area contributed by atoms with Crippen LogP contribution in [0, 0.1) is 0 Å². The van der Waals surface area contributed by atoms with Crippen molar-refractivity contribution in [2.75, 3.05) is 72.6 Å². The van der Waals surface area contributed by atoms with Crippen molar-refractivity contribution in [3.63, 3.8) is 0 Å². The zero-order chi connectivity index (χ0) is 29.2. The fourth-order valence-corrected chi connectivity index (χ4v) is 5.04. The second-order valence-corrected chi connectivity index (χ2v) is 9.24. The lowest BCUT2D eigenvalue weighted by atomic mass is 10.0. The number of benzene rings is 2. The molecule has 2 aromatic carbocycles. The fourth-order valence-electron chi connectivity index (χ4n) is 5.04. The van der Waals surface area contributed by atoms with E-state index in [1.165, 1.54) is 0 Å². The van der Waals surface area contributed by atoms with E-state index < -0.39 is 11.9 Å². The molecule has 2 aliphatic rings. The number of hydrogen-bond acceptors (Lipinski definition) is 9. The normalized spacial score (nSPS) is 15.9. The molecule has 12 nitrogen and oxygen atoms in total.